The Morgan fingerprint density at radius 2 is 1.96 bits per heavy atom. The monoisotopic (exact) mass is 374 g/mol. The summed E-state index contributed by atoms with van der Waals surface area (Å²) in [6.45, 7) is 2.34. The molecule has 1 amide bonds. The maximum absolute atomic E-state index is 12.4. The highest BCUT2D eigenvalue weighted by Crippen LogP contribution is 2.23. The summed E-state index contributed by atoms with van der Waals surface area (Å²) in [7, 11) is 0. The number of carbonyl (C=O) groups is 2. The van der Waals surface area contributed by atoms with Crippen LogP contribution in [0.2, 0.25) is 0 Å². The zero-order chi connectivity index (χ0) is 18.4. The summed E-state index contributed by atoms with van der Waals surface area (Å²) in [6, 6.07) is 1.98. The molecule has 1 aliphatic rings. The number of carbonyl (C=O) groups excluding carboxylic acids is 2. The molecule has 2 heterocycles. The number of esters is 1. The van der Waals surface area contributed by atoms with E-state index in [0.717, 1.165) is 25.7 Å². The molecule has 0 spiro atoms. The molecular weight excluding hydrogens is 352 g/mol. The van der Waals surface area contributed by atoms with Crippen molar-refractivity contribution in [3.05, 3.63) is 29.5 Å². The van der Waals surface area contributed by atoms with Gasteiger partial charge < -0.3 is 9.64 Å². The number of ether oxygens (including phenoxy) is 1. The topological polar surface area (TPSA) is 85.3 Å². The van der Waals surface area contributed by atoms with Crippen molar-refractivity contribution < 1.29 is 14.3 Å². The number of thiazole rings is 1. The first-order chi connectivity index (χ1) is 12.7. The Hall–Kier alpha value is -2.35. The third-order valence-corrected chi connectivity index (χ3v) is 5.31. The molecule has 1 saturated carbocycles. The molecule has 1 aliphatic carbocycles. The van der Waals surface area contributed by atoms with Gasteiger partial charge in [-0.1, -0.05) is 19.3 Å². The van der Waals surface area contributed by atoms with Crippen molar-refractivity contribution in [2.24, 2.45) is 0 Å². The SMILES string of the molecule is CCN(C(=O)COC(=O)c1csc(-c2ncccn2)n1)C1CCCCC1. The fraction of sp³-hybridized carbons (Fsp3) is 0.500. The molecule has 0 atom stereocenters. The molecule has 0 N–H and O–H groups in total. The maximum atomic E-state index is 12.4. The molecule has 1 fully saturated rings. The van der Waals surface area contributed by atoms with Crippen LogP contribution >= 0.6 is 11.3 Å². The number of rotatable bonds is 6. The van der Waals surface area contributed by atoms with Gasteiger partial charge in [0, 0.05) is 30.4 Å². The predicted octanol–water partition coefficient (Wildman–Crippen LogP) is 2.94. The van der Waals surface area contributed by atoms with Crippen molar-refractivity contribution in [1.82, 2.24) is 19.9 Å². The highest BCUT2D eigenvalue weighted by atomic mass is 32.1. The van der Waals surface area contributed by atoms with E-state index in [1.165, 1.54) is 17.8 Å². The van der Waals surface area contributed by atoms with Gasteiger partial charge in [0.05, 0.1) is 0 Å². The molecule has 0 aliphatic heterocycles. The van der Waals surface area contributed by atoms with Gasteiger partial charge in [-0.15, -0.1) is 11.3 Å². The summed E-state index contributed by atoms with van der Waals surface area (Å²) in [5, 5.41) is 2.14. The molecular formula is C18H22N4O3S. The van der Waals surface area contributed by atoms with Crippen LogP contribution in [0.1, 0.15) is 49.5 Å². The van der Waals surface area contributed by atoms with E-state index in [-0.39, 0.29) is 24.2 Å². The highest BCUT2D eigenvalue weighted by Gasteiger charge is 2.25. The van der Waals surface area contributed by atoms with E-state index in [0.29, 0.717) is 17.4 Å². The van der Waals surface area contributed by atoms with Gasteiger partial charge in [-0.3, -0.25) is 4.79 Å². The molecule has 0 radical (unpaired) electrons. The van der Waals surface area contributed by atoms with Crippen LogP contribution < -0.4 is 0 Å². The Bertz CT molecular complexity index is 744. The number of aromatic nitrogens is 3. The van der Waals surface area contributed by atoms with Crippen LogP contribution in [-0.4, -0.2) is 50.9 Å². The van der Waals surface area contributed by atoms with Crippen molar-refractivity contribution in [1.29, 1.82) is 0 Å². The zero-order valence-electron chi connectivity index (χ0n) is 14.8. The van der Waals surface area contributed by atoms with Gasteiger partial charge >= 0.3 is 5.97 Å². The van der Waals surface area contributed by atoms with E-state index in [1.807, 2.05) is 11.8 Å². The van der Waals surface area contributed by atoms with Gasteiger partial charge in [0.15, 0.2) is 23.1 Å². The molecule has 2 aromatic heterocycles. The van der Waals surface area contributed by atoms with Crippen molar-refractivity contribution in [3.63, 3.8) is 0 Å². The van der Waals surface area contributed by atoms with Crippen molar-refractivity contribution in [2.75, 3.05) is 13.2 Å². The Kier molecular flexibility index (Phi) is 6.27. The van der Waals surface area contributed by atoms with Gasteiger partial charge in [-0.05, 0) is 25.8 Å². The third-order valence-electron chi connectivity index (χ3n) is 4.47. The Morgan fingerprint density at radius 1 is 1.23 bits per heavy atom. The van der Waals surface area contributed by atoms with E-state index in [4.69, 9.17) is 4.74 Å². The van der Waals surface area contributed by atoms with E-state index in [1.54, 1.807) is 23.8 Å². The first kappa shape index (κ1) is 18.4. The molecule has 0 aromatic carbocycles. The normalized spacial score (nSPS) is 14.8. The lowest BCUT2D eigenvalue weighted by atomic mass is 9.94. The third kappa shape index (κ3) is 4.43. The molecule has 0 saturated heterocycles. The smallest absolute Gasteiger partial charge is 0.358 e. The van der Waals surface area contributed by atoms with E-state index in [9.17, 15) is 9.59 Å². The lowest BCUT2D eigenvalue weighted by Crippen LogP contribution is -2.43. The molecule has 0 bridgehead atoms. The van der Waals surface area contributed by atoms with E-state index < -0.39 is 5.97 Å². The molecule has 138 valence electrons. The minimum absolute atomic E-state index is 0.144. The average Bonchev–Trinajstić information content (AvgIpc) is 3.18. The second-order valence-electron chi connectivity index (χ2n) is 6.16. The van der Waals surface area contributed by atoms with Crippen LogP contribution in [0.15, 0.2) is 23.8 Å². The minimum Gasteiger partial charge on any atom is -0.451 e. The van der Waals surface area contributed by atoms with Gasteiger partial charge in [0.1, 0.15) is 0 Å². The molecule has 2 aromatic rings. The van der Waals surface area contributed by atoms with Crippen LogP contribution in [0.3, 0.4) is 0 Å². The summed E-state index contributed by atoms with van der Waals surface area (Å²) in [4.78, 5) is 38.9. The Morgan fingerprint density at radius 3 is 2.65 bits per heavy atom. The summed E-state index contributed by atoms with van der Waals surface area (Å²) < 4.78 is 5.19. The van der Waals surface area contributed by atoms with Crippen molar-refractivity contribution in [2.45, 2.75) is 45.1 Å². The Labute approximate surface area is 156 Å². The largest absolute Gasteiger partial charge is 0.451 e. The van der Waals surface area contributed by atoms with Gasteiger partial charge in [-0.2, -0.15) is 0 Å². The van der Waals surface area contributed by atoms with Crippen LogP contribution in [-0.2, 0) is 9.53 Å². The highest BCUT2D eigenvalue weighted by molar-refractivity contribution is 7.13. The van der Waals surface area contributed by atoms with E-state index in [2.05, 4.69) is 15.0 Å². The lowest BCUT2D eigenvalue weighted by molar-refractivity contribution is -0.137. The number of amides is 1. The predicted molar refractivity (Wildman–Crippen MR) is 97.7 cm³/mol. The number of hydrogen-bond acceptors (Lipinski definition) is 7. The molecule has 0 unspecified atom stereocenters. The molecule has 7 nitrogen and oxygen atoms in total. The second kappa shape index (κ2) is 8.84. The van der Waals surface area contributed by atoms with Crippen molar-refractivity contribution >= 4 is 23.2 Å². The molecule has 26 heavy (non-hydrogen) atoms. The van der Waals surface area contributed by atoms with Crippen LogP contribution in [0, 0.1) is 0 Å². The zero-order valence-corrected chi connectivity index (χ0v) is 15.6. The van der Waals surface area contributed by atoms with Gasteiger partial charge in [0.2, 0.25) is 0 Å². The first-order valence-corrected chi connectivity index (χ1v) is 9.76. The summed E-state index contributed by atoms with van der Waals surface area (Å²) in [6.07, 6.45) is 8.82. The van der Waals surface area contributed by atoms with Gasteiger partial charge in [0.25, 0.3) is 5.91 Å². The lowest BCUT2D eigenvalue weighted by Gasteiger charge is -2.33. The van der Waals surface area contributed by atoms with E-state index >= 15 is 0 Å². The molecule has 3 rings (SSSR count). The second-order valence-corrected chi connectivity index (χ2v) is 7.02. The Balaban J connectivity index is 1.56. The van der Waals surface area contributed by atoms with Crippen LogP contribution in [0.5, 0.6) is 0 Å². The van der Waals surface area contributed by atoms with Gasteiger partial charge in [-0.25, -0.2) is 19.7 Å². The summed E-state index contributed by atoms with van der Waals surface area (Å²) >= 11 is 1.27. The minimum atomic E-state index is -0.600. The maximum Gasteiger partial charge on any atom is 0.358 e. The van der Waals surface area contributed by atoms with Crippen LogP contribution in [0.4, 0.5) is 0 Å². The number of hydrogen-bond donors (Lipinski definition) is 0. The first-order valence-electron chi connectivity index (χ1n) is 8.88. The average molecular weight is 374 g/mol. The fourth-order valence-corrected chi connectivity index (χ4v) is 3.93. The standard InChI is InChI=1S/C18H22N4O3S/c1-2-22(13-7-4-3-5-8-13)15(23)11-25-18(24)14-12-26-17(21-14)16-19-9-6-10-20-16/h6,9-10,12-13H,2-5,7-8,11H2,1H3. The summed E-state index contributed by atoms with van der Waals surface area (Å²) in [5.41, 5.74) is 0.172. The van der Waals surface area contributed by atoms with Crippen LogP contribution in [0.25, 0.3) is 10.8 Å². The quantitative estimate of drug-likeness (QED) is 0.723. The number of nitrogens with zero attached hydrogens (tertiary/aromatic N) is 4. The fourth-order valence-electron chi connectivity index (χ4n) is 3.19. The number of likely N-dealkylation sites (N-methyl/N-ethyl adjacent to an activating group) is 1. The summed E-state index contributed by atoms with van der Waals surface area (Å²) in [5.74, 6) is -0.284. The van der Waals surface area contributed by atoms with Crippen molar-refractivity contribution in [3.8, 4) is 10.8 Å². The molecule has 8 heteroatoms.